The van der Waals surface area contributed by atoms with Gasteiger partial charge in [0.15, 0.2) is 0 Å². The van der Waals surface area contributed by atoms with Gasteiger partial charge in [0.05, 0.1) is 43.0 Å². The molecule has 0 saturated carbocycles. The molecule has 2 aromatic heterocycles. The zero-order valence-electron chi connectivity index (χ0n) is 31.6. The molecule has 2 fully saturated rings. The van der Waals surface area contributed by atoms with Gasteiger partial charge >= 0.3 is 12.2 Å². The highest BCUT2D eigenvalue weighted by Crippen LogP contribution is 2.40. The number of aromatic nitrogens is 4. The molecule has 2 saturated heterocycles. The Kier molecular flexibility index (Phi) is 10.0. The minimum Gasteiger partial charge on any atom is -0.465 e. The van der Waals surface area contributed by atoms with Gasteiger partial charge in [-0.05, 0) is 70.3 Å². The van der Waals surface area contributed by atoms with Crippen molar-refractivity contribution in [2.24, 2.45) is 5.92 Å². The molecular formula is C44H45N7O5. The van der Waals surface area contributed by atoms with E-state index in [9.17, 15) is 19.5 Å². The number of carboxylic acid groups (broad SMARTS) is 1. The van der Waals surface area contributed by atoms with Gasteiger partial charge in [-0.25, -0.2) is 19.6 Å². The predicted molar refractivity (Wildman–Crippen MR) is 214 cm³/mol. The molecule has 6 aromatic rings. The molecule has 4 heterocycles. The third-order valence-corrected chi connectivity index (χ3v) is 11.2. The fraction of sp³-hybridized carbons (Fsp3) is 0.295. The molecule has 12 heteroatoms. The van der Waals surface area contributed by atoms with Gasteiger partial charge in [0, 0.05) is 24.6 Å². The van der Waals surface area contributed by atoms with E-state index in [-0.39, 0.29) is 29.8 Å². The zero-order chi connectivity index (χ0) is 38.9. The number of alkyl carbamates (subject to hydrolysis) is 1. The van der Waals surface area contributed by atoms with Crippen molar-refractivity contribution < 1.29 is 24.2 Å². The first-order chi connectivity index (χ1) is 27.2. The lowest BCUT2D eigenvalue weighted by Crippen LogP contribution is -2.51. The molecule has 0 bridgehead atoms. The molecule has 8 rings (SSSR count). The summed E-state index contributed by atoms with van der Waals surface area (Å²) in [5, 5.41) is 14.9. The number of nitrogens with zero attached hydrogens (tertiary/aromatic N) is 4. The van der Waals surface area contributed by atoms with Crippen LogP contribution in [0.5, 0.6) is 0 Å². The van der Waals surface area contributed by atoms with Crippen molar-refractivity contribution in [2.45, 2.75) is 57.2 Å². The number of H-pyrrole nitrogens is 2. The Morgan fingerprint density at radius 1 is 0.786 bits per heavy atom. The number of imidazole rings is 2. The number of aromatic amines is 2. The molecule has 286 valence electrons. The molecule has 2 aliphatic heterocycles. The van der Waals surface area contributed by atoms with Gasteiger partial charge in [0.25, 0.3) is 0 Å². The Balaban J connectivity index is 0.953. The molecule has 56 heavy (non-hydrogen) atoms. The second kappa shape index (κ2) is 15.4. The van der Waals surface area contributed by atoms with Crippen molar-refractivity contribution in [1.82, 2.24) is 35.1 Å². The fourth-order valence-corrected chi connectivity index (χ4v) is 8.21. The fourth-order valence-electron chi connectivity index (χ4n) is 8.21. The molecule has 3 amide bonds. The Morgan fingerprint density at radius 2 is 1.39 bits per heavy atom. The number of fused-ring (bicyclic) bond motifs is 1. The largest absolute Gasteiger partial charge is 0.465 e. The molecule has 0 spiro atoms. The first-order valence-corrected chi connectivity index (χ1v) is 19.1. The molecule has 4 aromatic carbocycles. The number of likely N-dealkylation sites (tertiary alicyclic amines) is 2. The molecule has 0 radical (unpaired) electrons. The number of amides is 3. The number of ether oxygens (including phenoxy) is 1. The van der Waals surface area contributed by atoms with E-state index in [2.05, 4.69) is 93.1 Å². The van der Waals surface area contributed by atoms with Crippen molar-refractivity contribution in [1.29, 1.82) is 0 Å². The standard InChI is InChI=1S/C44H45N7O5/c1-26(2)39(49-43(53)56-3)42(52)50-19-7-10-37(50)40-45-24-36(48-40)33-18-17-31-20-30(15-16-32(31)21-33)28-11-13-29(14-12-28)35-23-46-41(47-35)38-22-34(25-51(38)44(54)55)27-8-5-4-6-9-27/h4-6,8-9,11-18,20-21,23-24,26,34,37-39H,7,10,19,22,25H2,1-3H3,(H,45,48)(H,46,47)(H,49,53)(H,54,55). The predicted octanol–water partition coefficient (Wildman–Crippen LogP) is 8.54. The van der Waals surface area contributed by atoms with Crippen LogP contribution >= 0.6 is 0 Å². The zero-order valence-corrected chi connectivity index (χ0v) is 31.6. The Bertz CT molecular complexity index is 2370. The van der Waals surface area contributed by atoms with Crippen molar-refractivity contribution in [3.05, 3.63) is 121 Å². The lowest BCUT2D eigenvalue weighted by Gasteiger charge is -2.30. The van der Waals surface area contributed by atoms with Gasteiger partial charge in [-0.1, -0.05) is 92.7 Å². The van der Waals surface area contributed by atoms with Crippen LogP contribution in [0.3, 0.4) is 0 Å². The molecule has 12 nitrogen and oxygen atoms in total. The van der Waals surface area contributed by atoms with Crippen LogP contribution in [0.4, 0.5) is 9.59 Å². The number of carbonyl (C=O) groups is 3. The highest BCUT2D eigenvalue weighted by molar-refractivity contribution is 5.91. The number of rotatable bonds is 9. The highest BCUT2D eigenvalue weighted by atomic mass is 16.5. The van der Waals surface area contributed by atoms with E-state index in [0.717, 1.165) is 68.6 Å². The van der Waals surface area contributed by atoms with Crippen LogP contribution in [0.25, 0.3) is 44.4 Å². The van der Waals surface area contributed by atoms with Gasteiger partial charge in [-0.3, -0.25) is 9.69 Å². The summed E-state index contributed by atoms with van der Waals surface area (Å²) in [7, 11) is 1.29. The third kappa shape index (κ3) is 7.22. The van der Waals surface area contributed by atoms with E-state index in [1.807, 2.05) is 43.1 Å². The Morgan fingerprint density at radius 3 is 2.05 bits per heavy atom. The monoisotopic (exact) mass is 751 g/mol. The smallest absolute Gasteiger partial charge is 0.407 e. The van der Waals surface area contributed by atoms with Crippen LogP contribution in [-0.2, 0) is 9.53 Å². The van der Waals surface area contributed by atoms with Crippen LogP contribution in [-0.4, -0.2) is 79.2 Å². The van der Waals surface area contributed by atoms with Crippen molar-refractivity contribution >= 4 is 28.9 Å². The first kappa shape index (κ1) is 36.5. The van der Waals surface area contributed by atoms with Crippen LogP contribution in [0.2, 0.25) is 0 Å². The van der Waals surface area contributed by atoms with Crippen LogP contribution in [0, 0.1) is 5.92 Å². The summed E-state index contributed by atoms with van der Waals surface area (Å²) in [5.74, 6) is 1.27. The second-order valence-corrected chi connectivity index (χ2v) is 15.1. The average molecular weight is 752 g/mol. The number of carbonyl (C=O) groups excluding carboxylic acids is 2. The van der Waals surface area contributed by atoms with E-state index < -0.39 is 18.2 Å². The number of hydrogen-bond acceptors (Lipinski definition) is 6. The number of methoxy groups -OCH3 is 1. The normalized spacial score (nSPS) is 18.8. The van der Waals surface area contributed by atoms with Gasteiger partial charge in [-0.2, -0.15) is 0 Å². The van der Waals surface area contributed by atoms with E-state index >= 15 is 0 Å². The maximum atomic E-state index is 13.6. The summed E-state index contributed by atoms with van der Waals surface area (Å²) in [5.41, 5.74) is 6.99. The molecule has 4 unspecified atom stereocenters. The molecule has 0 aliphatic carbocycles. The van der Waals surface area contributed by atoms with Gasteiger partial charge in [0.2, 0.25) is 5.91 Å². The SMILES string of the molecule is COC(=O)NC(C(=O)N1CCCC1c1ncc(-c2ccc3cc(-c4ccc(-c5cnc(C6CC(c7ccccc7)CN6C(=O)O)[nH]5)cc4)ccc3c2)[nH]1)C(C)C. The first-order valence-electron chi connectivity index (χ1n) is 19.1. The minimum absolute atomic E-state index is 0.103. The maximum Gasteiger partial charge on any atom is 0.407 e. The Hall–Kier alpha value is -6.43. The lowest BCUT2D eigenvalue weighted by atomic mass is 9.96. The maximum absolute atomic E-state index is 13.6. The molecule has 4 atom stereocenters. The van der Waals surface area contributed by atoms with Gasteiger partial charge < -0.3 is 30.0 Å². The molecule has 4 N–H and O–H groups in total. The highest BCUT2D eigenvalue weighted by Gasteiger charge is 2.39. The Labute approximate surface area is 324 Å². The molecule has 2 aliphatic rings. The summed E-state index contributed by atoms with van der Waals surface area (Å²) in [6.07, 6.45) is 4.36. The summed E-state index contributed by atoms with van der Waals surface area (Å²) >= 11 is 0. The van der Waals surface area contributed by atoms with Crippen LogP contribution < -0.4 is 5.32 Å². The quantitative estimate of drug-likeness (QED) is 0.115. The summed E-state index contributed by atoms with van der Waals surface area (Å²) in [4.78, 5) is 57.2. The third-order valence-electron chi connectivity index (χ3n) is 11.2. The van der Waals surface area contributed by atoms with Crippen molar-refractivity contribution in [3.63, 3.8) is 0 Å². The second-order valence-electron chi connectivity index (χ2n) is 15.1. The van der Waals surface area contributed by atoms with Gasteiger partial charge in [0.1, 0.15) is 17.7 Å². The van der Waals surface area contributed by atoms with Crippen molar-refractivity contribution in [3.8, 4) is 33.6 Å². The lowest BCUT2D eigenvalue weighted by molar-refractivity contribution is -0.135. The number of benzene rings is 4. The summed E-state index contributed by atoms with van der Waals surface area (Å²) in [6.45, 7) is 4.85. The topological polar surface area (TPSA) is 157 Å². The average Bonchev–Trinajstić information content (AvgIpc) is 4.06. The van der Waals surface area contributed by atoms with E-state index in [1.54, 1.807) is 6.20 Å². The van der Waals surface area contributed by atoms with E-state index in [0.29, 0.717) is 25.3 Å². The van der Waals surface area contributed by atoms with Gasteiger partial charge in [-0.15, -0.1) is 0 Å². The van der Waals surface area contributed by atoms with Crippen LogP contribution in [0.1, 0.15) is 68.3 Å². The van der Waals surface area contributed by atoms with E-state index in [4.69, 9.17) is 9.72 Å². The number of nitrogens with one attached hydrogen (secondary N) is 3. The minimum atomic E-state index is -0.938. The van der Waals surface area contributed by atoms with Crippen molar-refractivity contribution in [2.75, 3.05) is 20.2 Å². The number of hydrogen-bond donors (Lipinski definition) is 4. The molecular weight excluding hydrogens is 707 g/mol. The van der Waals surface area contributed by atoms with Crippen LogP contribution in [0.15, 0.2) is 103 Å². The summed E-state index contributed by atoms with van der Waals surface area (Å²) < 4.78 is 4.76. The van der Waals surface area contributed by atoms with E-state index in [1.165, 1.54) is 12.0 Å². The summed E-state index contributed by atoms with van der Waals surface area (Å²) in [6, 6.07) is 29.9.